The average Bonchev–Trinajstić information content (AvgIpc) is 2.93. The molecule has 1 aromatic heterocycles. The Balaban J connectivity index is 1.88. The number of rotatable bonds is 4. The quantitative estimate of drug-likeness (QED) is 0.574. The van der Waals surface area contributed by atoms with Crippen molar-refractivity contribution in [3.63, 3.8) is 0 Å². The fourth-order valence-electron chi connectivity index (χ4n) is 1.87. The van der Waals surface area contributed by atoms with Crippen molar-refractivity contribution in [2.75, 3.05) is 0 Å². The molecule has 6 nitrogen and oxygen atoms in total. The summed E-state index contributed by atoms with van der Waals surface area (Å²) in [5, 5.41) is 11.9. The lowest BCUT2D eigenvalue weighted by molar-refractivity contribution is -0.117. The van der Waals surface area contributed by atoms with Crippen LogP contribution in [0.4, 0.5) is 0 Å². The minimum Gasteiger partial charge on any atom is -0.346 e. The van der Waals surface area contributed by atoms with Crippen LogP contribution in [0.3, 0.4) is 0 Å². The predicted octanol–water partition coefficient (Wildman–Crippen LogP) is 1.38. The van der Waals surface area contributed by atoms with Crippen LogP contribution in [0.2, 0.25) is 0 Å². The van der Waals surface area contributed by atoms with Crippen LogP contribution >= 0.6 is 11.3 Å². The first-order chi connectivity index (χ1) is 9.20. The molecule has 3 N–H and O–H groups in total. The molecule has 0 aliphatic heterocycles. The first-order valence-corrected chi connectivity index (χ1v) is 6.88. The summed E-state index contributed by atoms with van der Waals surface area (Å²) in [4.78, 5) is 27.3. The van der Waals surface area contributed by atoms with Crippen molar-refractivity contribution in [2.45, 2.75) is 32.2 Å². The van der Waals surface area contributed by atoms with Crippen LogP contribution in [0.5, 0.6) is 0 Å². The van der Waals surface area contributed by atoms with Gasteiger partial charge in [-0.2, -0.15) is 0 Å². The molecule has 0 spiro atoms. The number of thiazole rings is 1. The van der Waals surface area contributed by atoms with E-state index in [0.717, 1.165) is 42.6 Å². The van der Waals surface area contributed by atoms with E-state index in [4.69, 9.17) is 5.21 Å². The summed E-state index contributed by atoms with van der Waals surface area (Å²) >= 11 is 1.14. The Hall–Kier alpha value is -1.73. The number of hydroxylamine groups is 1. The van der Waals surface area contributed by atoms with Crippen LogP contribution in [-0.4, -0.2) is 22.0 Å². The Morgan fingerprint density at radius 1 is 1.37 bits per heavy atom. The van der Waals surface area contributed by atoms with Gasteiger partial charge in [0.25, 0.3) is 5.91 Å². The van der Waals surface area contributed by atoms with E-state index in [-0.39, 0.29) is 5.91 Å². The van der Waals surface area contributed by atoms with Crippen molar-refractivity contribution in [3.8, 4) is 0 Å². The molecule has 0 aromatic carbocycles. The molecule has 0 saturated carbocycles. The molecular formula is C12H15N3O3S. The maximum absolute atomic E-state index is 11.8. The number of hydrogen-bond acceptors (Lipinski definition) is 5. The average molecular weight is 281 g/mol. The smallest absolute Gasteiger partial charge is 0.286 e. The molecule has 0 saturated heterocycles. The molecule has 2 amide bonds. The summed E-state index contributed by atoms with van der Waals surface area (Å²) in [7, 11) is 0. The van der Waals surface area contributed by atoms with E-state index in [1.54, 1.807) is 5.48 Å². The second kappa shape index (κ2) is 6.44. The highest BCUT2D eigenvalue weighted by atomic mass is 32.1. The molecule has 1 aliphatic rings. The van der Waals surface area contributed by atoms with Crippen LogP contribution in [0.15, 0.2) is 17.8 Å². The van der Waals surface area contributed by atoms with Gasteiger partial charge in [0.05, 0.1) is 12.7 Å². The Bertz CT molecular complexity index is 510. The first-order valence-electron chi connectivity index (χ1n) is 6.07. The Labute approximate surface area is 114 Å². The summed E-state index contributed by atoms with van der Waals surface area (Å²) in [5.74, 6) is -0.659. The lowest BCUT2D eigenvalue weighted by Crippen LogP contribution is -2.25. The van der Waals surface area contributed by atoms with Gasteiger partial charge in [-0.1, -0.05) is 6.08 Å². The molecule has 2 rings (SSSR count). The molecule has 0 radical (unpaired) electrons. The van der Waals surface area contributed by atoms with E-state index in [1.807, 2.05) is 6.08 Å². The van der Waals surface area contributed by atoms with Gasteiger partial charge in [-0.15, -0.1) is 11.3 Å². The number of hydrogen-bond donors (Lipinski definition) is 3. The van der Waals surface area contributed by atoms with Crippen molar-refractivity contribution in [3.05, 3.63) is 27.7 Å². The second-order valence-corrected chi connectivity index (χ2v) is 5.33. The molecule has 7 heteroatoms. The number of nitrogens with one attached hydrogen (secondary N) is 2. The maximum atomic E-state index is 11.8. The molecule has 102 valence electrons. The van der Waals surface area contributed by atoms with Gasteiger partial charge >= 0.3 is 0 Å². The summed E-state index contributed by atoms with van der Waals surface area (Å²) in [6, 6.07) is 0. The van der Waals surface area contributed by atoms with Gasteiger partial charge in [-0.25, -0.2) is 10.5 Å². The molecule has 19 heavy (non-hydrogen) atoms. The number of amides is 2. The van der Waals surface area contributed by atoms with Crippen molar-refractivity contribution in [2.24, 2.45) is 0 Å². The Morgan fingerprint density at radius 3 is 2.89 bits per heavy atom. The zero-order valence-corrected chi connectivity index (χ0v) is 11.1. The Morgan fingerprint density at radius 2 is 2.21 bits per heavy atom. The van der Waals surface area contributed by atoms with Gasteiger partial charge in [0.15, 0.2) is 0 Å². The minimum atomic E-state index is -0.593. The predicted molar refractivity (Wildman–Crippen MR) is 69.8 cm³/mol. The summed E-state index contributed by atoms with van der Waals surface area (Å²) in [6.45, 7) is 0.291. The topological polar surface area (TPSA) is 91.3 Å². The number of nitrogens with zero attached hydrogens (tertiary/aromatic N) is 1. The largest absolute Gasteiger partial charge is 0.346 e. The summed E-state index contributed by atoms with van der Waals surface area (Å²) < 4.78 is 0. The highest BCUT2D eigenvalue weighted by Crippen LogP contribution is 2.18. The van der Waals surface area contributed by atoms with E-state index in [9.17, 15) is 9.59 Å². The third-order valence-corrected chi connectivity index (χ3v) is 3.86. The van der Waals surface area contributed by atoms with Crippen LogP contribution < -0.4 is 10.8 Å². The molecular weight excluding hydrogens is 266 g/mol. The first kappa shape index (κ1) is 13.7. The van der Waals surface area contributed by atoms with E-state index in [2.05, 4.69) is 10.3 Å². The number of aromatic nitrogens is 1. The molecule has 1 heterocycles. The van der Waals surface area contributed by atoms with Crippen LogP contribution in [0.25, 0.3) is 0 Å². The number of carbonyl (C=O) groups is 2. The zero-order chi connectivity index (χ0) is 13.7. The van der Waals surface area contributed by atoms with Crippen molar-refractivity contribution in [1.29, 1.82) is 0 Å². The van der Waals surface area contributed by atoms with Gasteiger partial charge in [0.1, 0.15) is 9.88 Å². The Kier molecular flexibility index (Phi) is 4.64. The van der Waals surface area contributed by atoms with E-state index < -0.39 is 5.91 Å². The highest BCUT2D eigenvalue weighted by molar-refractivity contribution is 7.13. The summed E-state index contributed by atoms with van der Waals surface area (Å²) in [5.41, 5.74) is 2.38. The molecule has 1 aromatic rings. The fourth-order valence-corrected chi connectivity index (χ4v) is 2.61. The van der Waals surface area contributed by atoms with E-state index in [0.29, 0.717) is 16.4 Å². The van der Waals surface area contributed by atoms with Gasteiger partial charge in [0.2, 0.25) is 5.91 Å². The van der Waals surface area contributed by atoms with Gasteiger partial charge in [-0.05, 0) is 25.7 Å². The number of allylic oxidation sites excluding steroid dienone is 1. The molecule has 0 fully saturated rings. The lowest BCUT2D eigenvalue weighted by atomic mass is 9.99. The lowest BCUT2D eigenvalue weighted by Gasteiger charge is -2.11. The van der Waals surface area contributed by atoms with Crippen molar-refractivity contribution in [1.82, 2.24) is 15.8 Å². The second-order valence-electron chi connectivity index (χ2n) is 4.22. The van der Waals surface area contributed by atoms with Gasteiger partial charge < -0.3 is 5.32 Å². The SMILES string of the molecule is O=C(NCc1ncc(C(=O)NO)s1)C1=CCCCC1. The third kappa shape index (κ3) is 3.62. The fraction of sp³-hybridized carbons (Fsp3) is 0.417. The van der Waals surface area contributed by atoms with Crippen LogP contribution in [0.1, 0.15) is 40.4 Å². The van der Waals surface area contributed by atoms with Gasteiger partial charge in [-0.3, -0.25) is 14.8 Å². The molecule has 1 aliphatic carbocycles. The number of carbonyl (C=O) groups excluding carboxylic acids is 2. The molecule has 0 unspecified atom stereocenters. The molecule has 0 bridgehead atoms. The normalized spacial score (nSPS) is 14.7. The van der Waals surface area contributed by atoms with Gasteiger partial charge in [0, 0.05) is 5.57 Å². The van der Waals surface area contributed by atoms with Crippen LogP contribution in [0, 0.1) is 0 Å². The molecule has 0 atom stereocenters. The zero-order valence-electron chi connectivity index (χ0n) is 10.3. The third-order valence-electron chi connectivity index (χ3n) is 2.86. The monoisotopic (exact) mass is 281 g/mol. The van der Waals surface area contributed by atoms with E-state index >= 15 is 0 Å². The highest BCUT2D eigenvalue weighted by Gasteiger charge is 2.13. The maximum Gasteiger partial charge on any atom is 0.286 e. The van der Waals surface area contributed by atoms with Crippen LogP contribution in [-0.2, 0) is 11.3 Å². The standard InChI is InChI=1S/C12H15N3O3S/c16-11(8-4-2-1-3-5-8)14-7-10-13-6-9(19-10)12(17)15-18/h4,6,18H,1-3,5,7H2,(H,14,16)(H,15,17). The van der Waals surface area contributed by atoms with Crippen molar-refractivity contribution < 1.29 is 14.8 Å². The van der Waals surface area contributed by atoms with Crippen molar-refractivity contribution >= 4 is 23.2 Å². The minimum absolute atomic E-state index is 0.0666. The summed E-state index contributed by atoms with van der Waals surface area (Å²) in [6.07, 6.45) is 7.33. The van der Waals surface area contributed by atoms with E-state index in [1.165, 1.54) is 6.20 Å².